The van der Waals surface area contributed by atoms with Gasteiger partial charge in [-0.15, -0.1) is 11.6 Å². The molecule has 1 aliphatic rings. The molecule has 6 rings (SSSR count). The molecule has 0 aliphatic heterocycles. The normalized spacial score (nSPS) is 14.6. The van der Waals surface area contributed by atoms with Gasteiger partial charge in [-0.25, -0.2) is 9.67 Å². The van der Waals surface area contributed by atoms with E-state index in [4.69, 9.17) is 58.6 Å². The second-order valence-electron chi connectivity index (χ2n) is 10.4. The molecule has 2 heterocycles. The summed E-state index contributed by atoms with van der Waals surface area (Å²) in [7, 11) is 0. The first kappa shape index (κ1) is 32.2. The molecule has 1 amide bonds. The van der Waals surface area contributed by atoms with Gasteiger partial charge in [-0.3, -0.25) is 4.79 Å². The Morgan fingerprint density at radius 3 is 2.36 bits per heavy atom. The van der Waals surface area contributed by atoms with Crippen LogP contribution in [0.5, 0.6) is 0 Å². The van der Waals surface area contributed by atoms with Crippen molar-refractivity contribution in [2.75, 3.05) is 5.32 Å². The van der Waals surface area contributed by atoms with Crippen molar-refractivity contribution in [3.05, 3.63) is 129 Å². The first-order chi connectivity index (χ1) is 21.1. The van der Waals surface area contributed by atoms with Gasteiger partial charge in [0.05, 0.1) is 17.0 Å². The second-order valence-corrected chi connectivity index (χ2v) is 12.7. The van der Waals surface area contributed by atoms with Crippen LogP contribution in [-0.4, -0.2) is 41.2 Å². The number of anilines is 1. The van der Waals surface area contributed by atoms with Crippen molar-refractivity contribution in [3.8, 4) is 11.1 Å². The average molecular weight is 687 g/mol. The van der Waals surface area contributed by atoms with Crippen molar-refractivity contribution in [2.45, 2.75) is 36.3 Å². The van der Waals surface area contributed by atoms with E-state index < -0.39 is 10.5 Å². The summed E-state index contributed by atoms with van der Waals surface area (Å²) in [6, 6.07) is 25.8. The molecule has 12 heteroatoms. The maximum absolute atomic E-state index is 12.4. The number of para-hydroxylation sites is 1. The van der Waals surface area contributed by atoms with Crippen LogP contribution in [0.2, 0.25) is 15.2 Å². The number of benzene rings is 3. The summed E-state index contributed by atoms with van der Waals surface area (Å²) in [5, 5.41) is 19.6. The fourth-order valence-electron chi connectivity index (χ4n) is 4.75. The van der Waals surface area contributed by atoms with E-state index in [1.54, 1.807) is 23.0 Å². The molecule has 1 saturated carbocycles. The third kappa shape index (κ3) is 7.51. The maximum Gasteiger partial charge on any atom is 0.258 e. The largest absolute Gasteiger partial charge is 0.386 e. The molecule has 0 radical (unpaired) electrons. The van der Waals surface area contributed by atoms with Gasteiger partial charge in [-0.1, -0.05) is 83.3 Å². The Hall–Kier alpha value is -3.24. The lowest BCUT2D eigenvalue weighted by molar-refractivity contribution is 0.00728. The van der Waals surface area contributed by atoms with Crippen molar-refractivity contribution >= 4 is 70.2 Å². The number of aliphatic hydroxyl groups is 1. The predicted octanol–water partition coefficient (Wildman–Crippen LogP) is 8.65. The molecule has 0 spiro atoms. The minimum Gasteiger partial charge on any atom is -0.386 e. The number of amides is 1. The van der Waals surface area contributed by atoms with E-state index >= 15 is 0 Å². The summed E-state index contributed by atoms with van der Waals surface area (Å²) < 4.78 is 2.03. The van der Waals surface area contributed by atoms with Crippen molar-refractivity contribution in [1.82, 2.24) is 19.7 Å². The molecule has 2 aromatic heterocycles. The third-order valence-electron chi connectivity index (χ3n) is 7.33. The minimum absolute atomic E-state index is 0.175. The number of halogens is 4. The van der Waals surface area contributed by atoms with Gasteiger partial charge in [0.25, 0.3) is 5.91 Å². The predicted molar refractivity (Wildman–Crippen MR) is 179 cm³/mol. The molecule has 0 saturated heterocycles. The van der Waals surface area contributed by atoms with Crippen LogP contribution >= 0.6 is 58.6 Å². The first-order valence-electron chi connectivity index (χ1n) is 13.6. The van der Waals surface area contributed by atoms with Gasteiger partial charge < -0.3 is 15.4 Å². The Bertz CT molecular complexity index is 1820. The van der Waals surface area contributed by atoms with E-state index in [0.717, 1.165) is 29.5 Å². The summed E-state index contributed by atoms with van der Waals surface area (Å²) >= 11 is 29.8. The van der Waals surface area contributed by atoms with E-state index in [0.29, 0.717) is 32.5 Å². The number of carbonyl (C=O) groups excluding carboxylic acids is 1. The fraction of sp³-hybridized carbons (Fsp3) is 0.188. The smallest absolute Gasteiger partial charge is 0.258 e. The molecule has 3 aromatic carbocycles. The molecule has 5 aromatic rings. The molecule has 1 unspecified atom stereocenters. The summed E-state index contributed by atoms with van der Waals surface area (Å²) in [5.41, 5.74) is 2.61. The zero-order valence-corrected chi connectivity index (χ0v) is 27.0. The first-order valence-corrected chi connectivity index (χ1v) is 15.5. The fourth-order valence-corrected chi connectivity index (χ4v) is 5.67. The van der Waals surface area contributed by atoms with Crippen LogP contribution in [0, 0.1) is 4.77 Å². The van der Waals surface area contributed by atoms with Gasteiger partial charge in [0.15, 0.2) is 4.77 Å². The number of hydrogen-bond acceptors (Lipinski definition) is 5. The molecular formula is C32H27Cl4N5O2S. The van der Waals surface area contributed by atoms with Crippen molar-refractivity contribution in [2.24, 2.45) is 0 Å². The highest BCUT2D eigenvalue weighted by Crippen LogP contribution is 2.53. The summed E-state index contributed by atoms with van der Waals surface area (Å²) in [5.74, 6) is -0.301. The van der Waals surface area contributed by atoms with Gasteiger partial charge in [0.2, 0.25) is 0 Å². The molecular weight excluding hydrogens is 660 g/mol. The van der Waals surface area contributed by atoms with Gasteiger partial charge >= 0.3 is 0 Å². The number of hydrogen-bond donors (Lipinski definition) is 3. The van der Waals surface area contributed by atoms with E-state index in [1.807, 2.05) is 72.8 Å². The number of nitrogens with zero attached hydrogens (tertiary/aromatic N) is 3. The molecule has 3 N–H and O–H groups in total. The standard InChI is InChI=1S/C18H12Cl2N2O.C14H15Cl2N3OS/c19-13-9-7-12(8-10-13)14-4-1-2-6-16(14)22-18(23)15-5-3-11-21-17(15)20;15-11-4-2-1-3-10(11)7-14(20,13(16)5-6-13)8-19-12(21)17-9-18-19/h1-11H,(H,22,23);1-4,9,20H,5-8H2,(H,17,18,21). The lowest BCUT2D eigenvalue weighted by atomic mass is 9.89. The number of H-pyrrole nitrogens is 1. The van der Waals surface area contributed by atoms with Crippen molar-refractivity contribution in [1.29, 1.82) is 0 Å². The van der Waals surface area contributed by atoms with E-state index in [-0.39, 0.29) is 17.6 Å². The minimum atomic E-state index is -1.15. The number of pyridine rings is 1. The Labute approximate surface area is 279 Å². The van der Waals surface area contributed by atoms with Gasteiger partial charge in [-0.05, 0) is 72.6 Å². The van der Waals surface area contributed by atoms with Crippen LogP contribution in [0.15, 0.2) is 97.5 Å². The monoisotopic (exact) mass is 685 g/mol. The molecule has 7 nitrogen and oxygen atoms in total. The van der Waals surface area contributed by atoms with Crippen LogP contribution in [0.1, 0.15) is 28.8 Å². The average Bonchev–Trinajstić information content (AvgIpc) is 3.66. The second kappa shape index (κ2) is 13.8. The zero-order valence-electron chi connectivity index (χ0n) is 23.2. The molecule has 44 heavy (non-hydrogen) atoms. The van der Waals surface area contributed by atoms with Crippen LogP contribution in [-0.2, 0) is 13.0 Å². The van der Waals surface area contributed by atoms with Crippen LogP contribution in [0.25, 0.3) is 11.1 Å². The van der Waals surface area contributed by atoms with Gasteiger partial charge in [0.1, 0.15) is 17.1 Å². The Kier molecular flexibility index (Phi) is 10.1. The molecule has 226 valence electrons. The number of nitrogens with one attached hydrogen (secondary N) is 2. The highest BCUT2D eigenvalue weighted by Gasteiger charge is 2.58. The number of aromatic amines is 1. The lowest BCUT2D eigenvalue weighted by Crippen LogP contribution is -2.47. The van der Waals surface area contributed by atoms with Crippen LogP contribution in [0.3, 0.4) is 0 Å². The van der Waals surface area contributed by atoms with E-state index in [9.17, 15) is 9.90 Å². The van der Waals surface area contributed by atoms with Crippen LogP contribution < -0.4 is 5.32 Å². The van der Waals surface area contributed by atoms with Gasteiger partial charge in [-0.2, -0.15) is 5.10 Å². The topological polar surface area (TPSA) is 95.8 Å². The number of aromatic nitrogens is 4. The van der Waals surface area contributed by atoms with Crippen molar-refractivity contribution < 1.29 is 9.90 Å². The van der Waals surface area contributed by atoms with Crippen LogP contribution in [0.4, 0.5) is 5.69 Å². The number of alkyl halides is 1. The zero-order chi connectivity index (χ0) is 31.3. The van der Waals surface area contributed by atoms with Gasteiger partial charge in [0, 0.05) is 33.9 Å². The summed E-state index contributed by atoms with van der Waals surface area (Å²) in [6.07, 6.45) is 4.96. The summed E-state index contributed by atoms with van der Waals surface area (Å²) in [6.45, 7) is 0.240. The number of rotatable bonds is 8. The maximum atomic E-state index is 12.4. The Morgan fingerprint density at radius 2 is 1.70 bits per heavy atom. The molecule has 1 aliphatic carbocycles. The van der Waals surface area contributed by atoms with E-state index in [2.05, 4.69) is 20.4 Å². The number of carbonyl (C=O) groups is 1. The highest BCUT2D eigenvalue weighted by atomic mass is 35.5. The quantitative estimate of drug-likeness (QED) is 0.0863. The lowest BCUT2D eigenvalue weighted by Gasteiger charge is -2.33. The van der Waals surface area contributed by atoms with E-state index in [1.165, 1.54) is 6.33 Å². The third-order valence-corrected chi connectivity index (χ3v) is 9.31. The molecule has 0 bridgehead atoms. The SMILES string of the molecule is O=C(Nc1ccccc1-c1ccc(Cl)cc1)c1cccnc1Cl.OC(Cc1ccccc1Cl)(Cn1nc[nH]c1=S)C1(Cl)CC1. The Morgan fingerprint density at radius 1 is 1.00 bits per heavy atom. The highest BCUT2D eigenvalue weighted by molar-refractivity contribution is 7.71. The summed E-state index contributed by atoms with van der Waals surface area (Å²) in [4.78, 5) is 18.5. The van der Waals surface area contributed by atoms with Crippen molar-refractivity contribution in [3.63, 3.8) is 0 Å². The molecule has 1 atom stereocenters. The molecule has 1 fully saturated rings. The Balaban J connectivity index is 0.000000175.